The molecule has 2 rings (SSSR count). The molecule has 4 heteroatoms. The lowest BCUT2D eigenvalue weighted by Gasteiger charge is -2.01. The molecular formula is C13H13NOS2. The topological polar surface area (TPSA) is 20.3 Å². The molecule has 0 fully saturated rings. The van der Waals surface area contributed by atoms with Gasteiger partial charge in [0, 0.05) is 36.1 Å². The summed E-state index contributed by atoms with van der Waals surface area (Å²) >= 11 is 3.23. The van der Waals surface area contributed by atoms with Crippen molar-refractivity contribution in [1.82, 2.24) is 4.90 Å². The fourth-order valence-electron chi connectivity index (χ4n) is 1.32. The fourth-order valence-corrected chi connectivity index (χ4v) is 3.08. The number of hydrogen-bond acceptors (Lipinski definition) is 4. The van der Waals surface area contributed by atoms with Gasteiger partial charge in [-0.3, -0.25) is 4.79 Å². The van der Waals surface area contributed by atoms with Gasteiger partial charge in [0.1, 0.15) is 0 Å². The average Bonchev–Trinajstić information content (AvgIpc) is 2.94. The minimum absolute atomic E-state index is 0.0616. The molecule has 0 saturated carbocycles. The van der Waals surface area contributed by atoms with Crippen LogP contribution in [-0.4, -0.2) is 24.8 Å². The molecule has 17 heavy (non-hydrogen) atoms. The molecule has 0 spiro atoms. The summed E-state index contributed by atoms with van der Waals surface area (Å²) < 4.78 is 0. The Hall–Kier alpha value is -1.39. The second-order valence-electron chi connectivity index (χ2n) is 3.78. The first-order chi connectivity index (χ1) is 8.16. The Morgan fingerprint density at radius 3 is 2.71 bits per heavy atom. The van der Waals surface area contributed by atoms with Crippen LogP contribution in [-0.2, 0) is 0 Å². The summed E-state index contributed by atoms with van der Waals surface area (Å²) in [5, 5.41) is 2.04. The maximum Gasteiger partial charge on any atom is 0.197 e. The van der Waals surface area contributed by atoms with E-state index in [1.165, 1.54) is 4.88 Å². The average molecular weight is 263 g/mol. The van der Waals surface area contributed by atoms with Crippen LogP contribution >= 0.6 is 22.7 Å². The Labute approximate surface area is 109 Å². The maximum atomic E-state index is 11.8. The monoisotopic (exact) mass is 263 g/mol. The number of rotatable bonds is 4. The third-order valence-electron chi connectivity index (χ3n) is 2.14. The summed E-state index contributed by atoms with van der Waals surface area (Å²) in [5.74, 6) is 0.0616. The highest BCUT2D eigenvalue weighted by Crippen LogP contribution is 2.31. The van der Waals surface area contributed by atoms with Crippen molar-refractivity contribution in [2.45, 2.75) is 0 Å². The molecule has 0 aliphatic carbocycles. The van der Waals surface area contributed by atoms with Crippen molar-refractivity contribution >= 4 is 28.5 Å². The van der Waals surface area contributed by atoms with Crippen molar-refractivity contribution in [2.75, 3.05) is 14.1 Å². The van der Waals surface area contributed by atoms with Crippen molar-refractivity contribution in [3.63, 3.8) is 0 Å². The smallest absolute Gasteiger partial charge is 0.197 e. The zero-order chi connectivity index (χ0) is 12.3. The predicted octanol–water partition coefficient (Wildman–Crippen LogP) is 3.73. The second kappa shape index (κ2) is 5.29. The van der Waals surface area contributed by atoms with E-state index in [4.69, 9.17) is 0 Å². The molecule has 0 unspecified atom stereocenters. The van der Waals surface area contributed by atoms with Crippen LogP contribution in [0, 0.1) is 0 Å². The Kier molecular flexibility index (Phi) is 3.76. The zero-order valence-corrected chi connectivity index (χ0v) is 11.3. The van der Waals surface area contributed by atoms with Gasteiger partial charge in [0.25, 0.3) is 0 Å². The number of nitrogens with zero attached hydrogens (tertiary/aromatic N) is 1. The highest BCUT2D eigenvalue weighted by atomic mass is 32.1. The molecule has 2 aromatic heterocycles. The van der Waals surface area contributed by atoms with Crippen LogP contribution in [0.3, 0.4) is 0 Å². The number of carbonyl (C=O) groups is 1. The van der Waals surface area contributed by atoms with Gasteiger partial charge in [0.15, 0.2) is 5.78 Å². The molecule has 0 bridgehead atoms. The quantitative estimate of drug-likeness (QED) is 0.619. The van der Waals surface area contributed by atoms with E-state index in [1.54, 1.807) is 34.9 Å². The summed E-state index contributed by atoms with van der Waals surface area (Å²) in [5.41, 5.74) is 0. The lowest BCUT2D eigenvalue weighted by molar-refractivity contribution is 0.104. The number of allylic oxidation sites excluding steroid dienone is 1. The number of ketones is 1. The van der Waals surface area contributed by atoms with Crippen LogP contribution in [0.2, 0.25) is 0 Å². The fraction of sp³-hybridized carbons (Fsp3) is 0.154. The van der Waals surface area contributed by atoms with E-state index < -0.39 is 0 Å². The molecule has 0 aliphatic rings. The number of carbonyl (C=O) groups excluding carboxylic acids is 1. The summed E-state index contributed by atoms with van der Waals surface area (Å²) in [4.78, 5) is 16.8. The number of hydrogen-bond donors (Lipinski definition) is 0. The molecule has 0 atom stereocenters. The molecule has 0 aliphatic heterocycles. The molecule has 0 saturated heterocycles. The summed E-state index contributed by atoms with van der Waals surface area (Å²) in [6.07, 6.45) is 3.37. The Balaban J connectivity index is 2.16. The molecule has 2 nitrogen and oxygen atoms in total. The lowest BCUT2D eigenvalue weighted by Crippen LogP contribution is -2.02. The van der Waals surface area contributed by atoms with Gasteiger partial charge in [-0.15, -0.1) is 22.7 Å². The molecule has 0 radical (unpaired) electrons. The van der Waals surface area contributed by atoms with Crippen LogP contribution < -0.4 is 0 Å². The Morgan fingerprint density at radius 2 is 2.06 bits per heavy atom. The van der Waals surface area contributed by atoms with Gasteiger partial charge in [-0.05, 0) is 23.6 Å². The van der Waals surface area contributed by atoms with Crippen molar-refractivity contribution < 1.29 is 4.79 Å². The van der Waals surface area contributed by atoms with Crippen LogP contribution in [0.1, 0.15) is 9.67 Å². The number of thiophene rings is 2. The van der Waals surface area contributed by atoms with Gasteiger partial charge in [-0.1, -0.05) is 6.07 Å². The lowest BCUT2D eigenvalue weighted by atomic mass is 10.3. The summed E-state index contributed by atoms with van der Waals surface area (Å²) in [7, 11) is 3.80. The van der Waals surface area contributed by atoms with Crippen LogP contribution in [0.15, 0.2) is 41.9 Å². The van der Waals surface area contributed by atoms with Gasteiger partial charge in [0.2, 0.25) is 0 Å². The van der Waals surface area contributed by atoms with E-state index in [1.807, 2.05) is 42.6 Å². The van der Waals surface area contributed by atoms with Crippen LogP contribution in [0.25, 0.3) is 9.75 Å². The highest BCUT2D eigenvalue weighted by molar-refractivity contribution is 7.22. The summed E-state index contributed by atoms with van der Waals surface area (Å²) in [6, 6.07) is 7.99. The SMILES string of the molecule is CN(C)/C=C\C(=O)c1ccc(-c2cccs2)s1. The minimum atomic E-state index is 0.0616. The van der Waals surface area contributed by atoms with Crippen LogP contribution in [0.5, 0.6) is 0 Å². The van der Waals surface area contributed by atoms with Crippen molar-refractivity contribution in [3.05, 3.63) is 46.8 Å². The third-order valence-corrected chi connectivity index (χ3v) is 4.30. The summed E-state index contributed by atoms with van der Waals surface area (Å²) in [6.45, 7) is 0. The first-order valence-corrected chi connectivity index (χ1v) is 6.89. The minimum Gasteiger partial charge on any atom is -0.383 e. The van der Waals surface area contributed by atoms with Gasteiger partial charge in [-0.2, -0.15) is 0 Å². The van der Waals surface area contributed by atoms with Gasteiger partial charge in [-0.25, -0.2) is 0 Å². The van der Waals surface area contributed by atoms with Gasteiger partial charge < -0.3 is 4.90 Å². The molecule has 2 heterocycles. The highest BCUT2D eigenvalue weighted by Gasteiger charge is 2.08. The van der Waals surface area contributed by atoms with Crippen molar-refractivity contribution in [2.24, 2.45) is 0 Å². The molecule has 0 amide bonds. The Morgan fingerprint density at radius 1 is 1.24 bits per heavy atom. The first kappa shape index (κ1) is 12.1. The van der Waals surface area contributed by atoms with Crippen LogP contribution in [0.4, 0.5) is 0 Å². The van der Waals surface area contributed by atoms with E-state index in [2.05, 4.69) is 6.07 Å². The van der Waals surface area contributed by atoms with E-state index >= 15 is 0 Å². The van der Waals surface area contributed by atoms with E-state index in [0.29, 0.717) is 0 Å². The van der Waals surface area contributed by atoms with E-state index in [0.717, 1.165) is 9.75 Å². The van der Waals surface area contributed by atoms with Crippen molar-refractivity contribution in [3.8, 4) is 9.75 Å². The first-order valence-electron chi connectivity index (χ1n) is 5.19. The van der Waals surface area contributed by atoms with Crippen molar-refractivity contribution in [1.29, 1.82) is 0 Å². The van der Waals surface area contributed by atoms with E-state index in [9.17, 15) is 4.79 Å². The largest absolute Gasteiger partial charge is 0.383 e. The molecule has 0 N–H and O–H groups in total. The van der Waals surface area contributed by atoms with E-state index in [-0.39, 0.29) is 5.78 Å². The standard InChI is InChI=1S/C13H13NOS2/c1-14(2)8-7-10(15)11-5-6-13(17-11)12-4-3-9-16-12/h3-9H,1-2H3/b8-7-. The molecule has 2 aromatic rings. The third kappa shape index (κ3) is 3.05. The zero-order valence-electron chi connectivity index (χ0n) is 9.71. The normalized spacial score (nSPS) is 10.9. The molecule has 0 aromatic carbocycles. The second-order valence-corrected chi connectivity index (χ2v) is 5.82. The Bertz CT molecular complexity index is 523. The molecular weight excluding hydrogens is 250 g/mol. The predicted molar refractivity (Wildman–Crippen MR) is 74.8 cm³/mol. The molecule has 88 valence electrons. The maximum absolute atomic E-state index is 11.8. The van der Waals surface area contributed by atoms with Gasteiger partial charge in [0.05, 0.1) is 4.88 Å². The van der Waals surface area contributed by atoms with Gasteiger partial charge >= 0.3 is 0 Å².